The summed E-state index contributed by atoms with van der Waals surface area (Å²) < 4.78 is 11.7. The minimum absolute atomic E-state index is 0.0901. The van der Waals surface area contributed by atoms with Crippen molar-refractivity contribution in [2.24, 2.45) is 5.73 Å². The molecule has 29 heavy (non-hydrogen) atoms. The van der Waals surface area contributed by atoms with Gasteiger partial charge in [-0.05, 0) is 31.7 Å². The van der Waals surface area contributed by atoms with E-state index in [4.69, 9.17) is 20.2 Å². The van der Waals surface area contributed by atoms with Crippen molar-refractivity contribution in [3.05, 3.63) is 24.4 Å². The Morgan fingerprint density at radius 3 is 2.72 bits per heavy atom. The fourth-order valence-corrected chi connectivity index (χ4v) is 3.94. The number of rotatable bonds is 4. The van der Waals surface area contributed by atoms with Gasteiger partial charge in [-0.1, -0.05) is 12.1 Å². The molecule has 5 rings (SSSR count). The molecule has 9 heteroatoms. The molecule has 1 aliphatic heterocycles. The zero-order valence-electron chi connectivity index (χ0n) is 16.3. The summed E-state index contributed by atoms with van der Waals surface area (Å²) in [7, 11) is 0. The minimum atomic E-state index is 0.0901. The predicted molar refractivity (Wildman–Crippen MR) is 109 cm³/mol. The Kier molecular flexibility index (Phi) is 4.99. The second-order valence-corrected chi connectivity index (χ2v) is 7.63. The SMILES string of the molecule is N[C@H]1CC[C@H](Oc2nc(-c3cccc4[nH]ncc34)nc(N3CCOCC3)n2)CC1. The van der Waals surface area contributed by atoms with E-state index < -0.39 is 0 Å². The molecule has 3 N–H and O–H groups in total. The Morgan fingerprint density at radius 1 is 1.07 bits per heavy atom. The van der Waals surface area contributed by atoms with Crippen LogP contribution >= 0.6 is 0 Å². The van der Waals surface area contributed by atoms with E-state index in [-0.39, 0.29) is 12.1 Å². The summed E-state index contributed by atoms with van der Waals surface area (Å²) in [4.78, 5) is 16.2. The van der Waals surface area contributed by atoms with Crippen LogP contribution in [0.2, 0.25) is 0 Å². The summed E-state index contributed by atoms with van der Waals surface area (Å²) in [6, 6.07) is 6.60. The number of morpholine rings is 1. The van der Waals surface area contributed by atoms with E-state index in [9.17, 15) is 0 Å². The normalized spacial score (nSPS) is 22.7. The number of nitrogens with zero attached hydrogens (tertiary/aromatic N) is 5. The molecule has 1 saturated carbocycles. The summed E-state index contributed by atoms with van der Waals surface area (Å²) in [6.07, 6.45) is 5.66. The fourth-order valence-electron chi connectivity index (χ4n) is 3.94. The Hall–Kier alpha value is -2.78. The molecule has 0 unspecified atom stereocenters. The first-order valence-corrected chi connectivity index (χ1v) is 10.2. The van der Waals surface area contributed by atoms with Gasteiger partial charge in [-0.15, -0.1) is 0 Å². The lowest BCUT2D eigenvalue weighted by atomic mass is 9.94. The number of anilines is 1. The van der Waals surface area contributed by atoms with Gasteiger partial charge in [0, 0.05) is 30.1 Å². The highest BCUT2D eigenvalue weighted by Gasteiger charge is 2.23. The first-order chi connectivity index (χ1) is 14.3. The monoisotopic (exact) mass is 395 g/mol. The molecule has 2 fully saturated rings. The van der Waals surface area contributed by atoms with Gasteiger partial charge in [0.15, 0.2) is 5.82 Å². The molecule has 0 atom stereocenters. The minimum Gasteiger partial charge on any atom is -0.460 e. The van der Waals surface area contributed by atoms with Gasteiger partial charge in [-0.25, -0.2) is 0 Å². The molecule has 0 radical (unpaired) electrons. The lowest BCUT2D eigenvalue weighted by Gasteiger charge is -2.28. The van der Waals surface area contributed by atoms with E-state index in [2.05, 4.69) is 25.1 Å². The van der Waals surface area contributed by atoms with E-state index in [0.717, 1.165) is 55.2 Å². The van der Waals surface area contributed by atoms with Crippen LogP contribution in [0.1, 0.15) is 25.7 Å². The molecule has 152 valence electrons. The van der Waals surface area contributed by atoms with Crippen molar-refractivity contribution < 1.29 is 9.47 Å². The van der Waals surface area contributed by atoms with E-state index in [1.54, 1.807) is 6.20 Å². The number of hydrogen-bond donors (Lipinski definition) is 2. The highest BCUT2D eigenvalue weighted by atomic mass is 16.5. The van der Waals surface area contributed by atoms with Crippen molar-refractivity contribution in [1.82, 2.24) is 25.1 Å². The van der Waals surface area contributed by atoms with Crippen molar-refractivity contribution in [2.45, 2.75) is 37.8 Å². The highest BCUT2D eigenvalue weighted by molar-refractivity contribution is 5.92. The molecular formula is C20H25N7O2. The largest absolute Gasteiger partial charge is 0.460 e. The average Bonchev–Trinajstić information content (AvgIpc) is 3.25. The summed E-state index contributed by atoms with van der Waals surface area (Å²) in [5, 5.41) is 8.13. The number of fused-ring (bicyclic) bond motifs is 1. The molecule has 1 saturated heterocycles. The number of benzene rings is 1. The van der Waals surface area contributed by atoms with Crippen molar-refractivity contribution in [2.75, 3.05) is 31.2 Å². The number of aromatic amines is 1. The van der Waals surface area contributed by atoms with E-state index in [1.165, 1.54) is 0 Å². The zero-order chi connectivity index (χ0) is 19.6. The van der Waals surface area contributed by atoms with Crippen molar-refractivity contribution in [3.8, 4) is 17.4 Å². The van der Waals surface area contributed by atoms with Crippen LogP contribution in [0.4, 0.5) is 5.95 Å². The molecular weight excluding hydrogens is 370 g/mol. The Bertz CT molecular complexity index is 978. The third-order valence-electron chi connectivity index (χ3n) is 5.61. The standard InChI is InChI=1S/C20H25N7O2/c21-13-4-6-14(7-5-13)29-20-24-18(15-2-1-3-17-16(15)12-22-26-17)23-19(25-20)27-8-10-28-11-9-27/h1-3,12-14H,4-11,21H2,(H,22,26)/t13-,14-. The number of nitrogens with two attached hydrogens (primary N) is 1. The topological polar surface area (TPSA) is 115 Å². The van der Waals surface area contributed by atoms with Gasteiger partial charge in [0.1, 0.15) is 6.10 Å². The van der Waals surface area contributed by atoms with Gasteiger partial charge in [0.05, 0.1) is 24.9 Å². The van der Waals surface area contributed by atoms with Crippen LogP contribution in [0, 0.1) is 0 Å². The fraction of sp³-hybridized carbons (Fsp3) is 0.500. The maximum absolute atomic E-state index is 6.19. The van der Waals surface area contributed by atoms with E-state index in [1.807, 2.05) is 18.2 Å². The van der Waals surface area contributed by atoms with Crippen molar-refractivity contribution >= 4 is 16.9 Å². The average molecular weight is 395 g/mol. The summed E-state index contributed by atoms with van der Waals surface area (Å²) in [6.45, 7) is 2.82. The molecule has 2 aliphatic rings. The van der Waals surface area contributed by atoms with Crippen molar-refractivity contribution in [3.63, 3.8) is 0 Å². The Balaban J connectivity index is 1.52. The summed E-state index contributed by atoms with van der Waals surface area (Å²) in [5.74, 6) is 1.22. The third-order valence-corrected chi connectivity index (χ3v) is 5.61. The van der Waals surface area contributed by atoms with Gasteiger partial charge in [0.2, 0.25) is 5.95 Å². The molecule has 3 heterocycles. The van der Waals surface area contributed by atoms with Gasteiger partial charge in [-0.2, -0.15) is 20.1 Å². The van der Waals surface area contributed by atoms with Crippen LogP contribution < -0.4 is 15.4 Å². The van der Waals surface area contributed by atoms with Crippen LogP contribution in [0.5, 0.6) is 6.01 Å². The van der Waals surface area contributed by atoms with Crippen LogP contribution in [-0.4, -0.2) is 63.6 Å². The van der Waals surface area contributed by atoms with Crippen molar-refractivity contribution in [1.29, 1.82) is 0 Å². The van der Waals surface area contributed by atoms with Gasteiger partial charge in [-0.3, -0.25) is 5.10 Å². The second kappa shape index (κ2) is 7.92. The maximum Gasteiger partial charge on any atom is 0.322 e. The first kappa shape index (κ1) is 18.3. The summed E-state index contributed by atoms with van der Waals surface area (Å²) >= 11 is 0. The molecule has 9 nitrogen and oxygen atoms in total. The molecule has 0 spiro atoms. The lowest BCUT2D eigenvalue weighted by Crippen LogP contribution is -2.37. The quantitative estimate of drug-likeness (QED) is 0.688. The zero-order valence-corrected chi connectivity index (χ0v) is 16.3. The van der Waals surface area contributed by atoms with Crippen LogP contribution in [-0.2, 0) is 4.74 Å². The van der Waals surface area contributed by atoms with Gasteiger partial charge < -0.3 is 20.1 Å². The third kappa shape index (κ3) is 3.88. The van der Waals surface area contributed by atoms with E-state index >= 15 is 0 Å². The molecule has 1 aromatic carbocycles. The molecule has 0 amide bonds. The molecule has 1 aliphatic carbocycles. The molecule has 0 bridgehead atoms. The lowest BCUT2D eigenvalue weighted by molar-refractivity contribution is 0.120. The van der Waals surface area contributed by atoms with Gasteiger partial charge >= 0.3 is 6.01 Å². The number of aromatic nitrogens is 5. The van der Waals surface area contributed by atoms with Crippen LogP contribution in [0.15, 0.2) is 24.4 Å². The van der Waals surface area contributed by atoms with Crippen LogP contribution in [0.3, 0.4) is 0 Å². The smallest absolute Gasteiger partial charge is 0.322 e. The Labute approximate surface area is 168 Å². The van der Waals surface area contributed by atoms with Crippen LogP contribution in [0.25, 0.3) is 22.3 Å². The predicted octanol–water partition coefficient (Wildman–Crippen LogP) is 1.90. The Morgan fingerprint density at radius 2 is 1.90 bits per heavy atom. The van der Waals surface area contributed by atoms with E-state index in [0.29, 0.717) is 31.0 Å². The second-order valence-electron chi connectivity index (χ2n) is 7.63. The number of H-pyrrole nitrogens is 1. The summed E-state index contributed by atoms with van der Waals surface area (Å²) in [5.41, 5.74) is 7.88. The molecule has 2 aromatic heterocycles. The highest BCUT2D eigenvalue weighted by Crippen LogP contribution is 2.28. The number of hydrogen-bond acceptors (Lipinski definition) is 8. The number of nitrogens with one attached hydrogen (secondary N) is 1. The first-order valence-electron chi connectivity index (χ1n) is 10.2. The molecule has 3 aromatic rings. The number of ether oxygens (including phenoxy) is 2. The van der Waals surface area contributed by atoms with Gasteiger partial charge in [0.25, 0.3) is 0 Å². The maximum atomic E-state index is 6.19.